The molecule has 6 rings (SSSR count). The number of aliphatic imine (C=N–C) groups is 1. The summed E-state index contributed by atoms with van der Waals surface area (Å²) in [6.45, 7) is 0. The number of ether oxygens (including phenoxy) is 1. The normalized spacial score (nSPS) is 15.3. The van der Waals surface area contributed by atoms with Crippen molar-refractivity contribution < 1.29 is 14.3 Å². The first kappa shape index (κ1) is 25.8. The predicted molar refractivity (Wildman–Crippen MR) is 153 cm³/mol. The topological polar surface area (TPSA) is 108 Å². The first-order valence-corrected chi connectivity index (χ1v) is 13.5. The van der Waals surface area contributed by atoms with Gasteiger partial charge in [-0.1, -0.05) is 41.8 Å². The number of methoxy groups -OCH3 is 1. The summed E-state index contributed by atoms with van der Waals surface area (Å²) in [5.41, 5.74) is 6.74. The van der Waals surface area contributed by atoms with Crippen LogP contribution >= 0.6 is 11.6 Å². The third-order valence-electron chi connectivity index (χ3n) is 7.35. The molecule has 10 heteroatoms. The van der Waals surface area contributed by atoms with Crippen molar-refractivity contribution in [3.8, 4) is 16.8 Å². The van der Waals surface area contributed by atoms with Crippen LogP contribution in [0.15, 0.2) is 84.4 Å². The Morgan fingerprint density at radius 3 is 2.67 bits per heavy atom. The van der Waals surface area contributed by atoms with Gasteiger partial charge in [0, 0.05) is 46.2 Å². The molecule has 2 aromatic heterocycles. The number of hydrogen-bond acceptors (Lipinski definition) is 6. The number of benzene rings is 2. The molecule has 2 aliphatic rings. The highest BCUT2D eigenvalue weighted by Gasteiger charge is 2.34. The summed E-state index contributed by atoms with van der Waals surface area (Å²) in [5, 5.41) is 24.8. The van der Waals surface area contributed by atoms with Gasteiger partial charge in [-0.25, -0.2) is 9.48 Å². The summed E-state index contributed by atoms with van der Waals surface area (Å²) in [6, 6.07) is 16.9. The zero-order valence-corrected chi connectivity index (χ0v) is 22.6. The van der Waals surface area contributed by atoms with Gasteiger partial charge in [0.1, 0.15) is 0 Å². The fourth-order valence-electron chi connectivity index (χ4n) is 5.09. The Labute approximate surface area is 236 Å². The van der Waals surface area contributed by atoms with E-state index in [0.717, 1.165) is 44.8 Å². The van der Waals surface area contributed by atoms with Crippen molar-refractivity contribution in [1.29, 1.82) is 0 Å². The largest absolute Gasteiger partial charge is 0.618 e. The van der Waals surface area contributed by atoms with Crippen molar-refractivity contribution >= 4 is 34.7 Å². The maximum Gasteiger partial charge on any atom is 0.411 e. The lowest BCUT2D eigenvalue weighted by Crippen LogP contribution is -2.35. The first-order valence-electron chi connectivity index (χ1n) is 13.1. The van der Waals surface area contributed by atoms with E-state index in [9.17, 15) is 10.0 Å². The summed E-state index contributed by atoms with van der Waals surface area (Å²) in [6.07, 6.45) is 10.3. The summed E-state index contributed by atoms with van der Waals surface area (Å²) < 4.78 is 7.28. The van der Waals surface area contributed by atoms with Gasteiger partial charge in [0.05, 0.1) is 31.1 Å². The van der Waals surface area contributed by atoms with Gasteiger partial charge in [-0.05, 0) is 59.9 Å². The lowest BCUT2D eigenvalue weighted by Gasteiger charge is -2.18. The van der Waals surface area contributed by atoms with Crippen molar-refractivity contribution in [2.45, 2.75) is 31.6 Å². The van der Waals surface area contributed by atoms with Crippen LogP contribution in [0.25, 0.3) is 22.4 Å². The summed E-state index contributed by atoms with van der Waals surface area (Å²) in [7, 11) is 1.33. The van der Waals surface area contributed by atoms with Crippen LogP contribution in [-0.4, -0.2) is 33.9 Å². The minimum atomic E-state index is -0.511. The molecular weight excluding hydrogens is 528 g/mol. The number of nitrogens with one attached hydrogen (secondary N) is 1. The minimum absolute atomic E-state index is 0.0813. The standard InChI is InChI=1S/C30H27ClN6O3/c1-40-30(38)34-24-8-4-20(5-9-24)22-15-27(32-17-22)26(14-19-2-3-19)29-10-6-21(18-37(29)39)25-16-23(31)7-11-28(25)36-13-12-33-35-36/h4-13,16-19,26H,2-3,14-15H2,1H3,(H,34,38). The molecule has 1 aliphatic heterocycles. The molecule has 1 saturated carbocycles. The number of amides is 1. The molecule has 4 aromatic rings. The van der Waals surface area contributed by atoms with Crippen molar-refractivity contribution in [3.63, 3.8) is 0 Å². The van der Waals surface area contributed by atoms with E-state index in [0.29, 0.717) is 28.7 Å². The van der Waals surface area contributed by atoms with Gasteiger partial charge in [0.2, 0.25) is 5.69 Å². The second-order valence-corrected chi connectivity index (χ2v) is 10.5. The lowest BCUT2D eigenvalue weighted by molar-refractivity contribution is -0.614. The number of carbonyl (C=O) groups is 1. The average molecular weight is 555 g/mol. The van der Waals surface area contributed by atoms with Crippen LogP contribution in [0, 0.1) is 11.1 Å². The Morgan fingerprint density at radius 1 is 1.18 bits per heavy atom. The number of nitrogens with zero attached hydrogens (tertiary/aromatic N) is 5. The van der Waals surface area contributed by atoms with E-state index in [-0.39, 0.29) is 5.92 Å². The maximum atomic E-state index is 13.5. The van der Waals surface area contributed by atoms with E-state index in [1.54, 1.807) is 29.3 Å². The van der Waals surface area contributed by atoms with Crippen LogP contribution in [0.4, 0.5) is 10.5 Å². The molecule has 1 fully saturated rings. The molecule has 1 aliphatic carbocycles. The van der Waals surface area contributed by atoms with Crippen LogP contribution in [0.2, 0.25) is 5.02 Å². The summed E-state index contributed by atoms with van der Waals surface area (Å²) in [5.74, 6) is 0.522. The summed E-state index contributed by atoms with van der Waals surface area (Å²) >= 11 is 6.33. The Morgan fingerprint density at radius 2 is 1.98 bits per heavy atom. The molecule has 2 aromatic carbocycles. The van der Waals surface area contributed by atoms with E-state index >= 15 is 0 Å². The Balaban J connectivity index is 1.25. The Bertz CT molecular complexity index is 1610. The molecule has 40 heavy (non-hydrogen) atoms. The highest BCUT2D eigenvalue weighted by molar-refractivity contribution is 6.31. The van der Waals surface area contributed by atoms with Gasteiger partial charge in [-0.2, -0.15) is 4.73 Å². The van der Waals surface area contributed by atoms with Gasteiger partial charge < -0.3 is 9.94 Å². The number of pyridine rings is 1. The molecule has 3 heterocycles. The number of hydrogen-bond donors (Lipinski definition) is 1. The molecule has 0 bridgehead atoms. The first-order chi connectivity index (χ1) is 19.5. The average Bonchev–Trinajstić information content (AvgIpc) is 3.39. The number of carbonyl (C=O) groups excluding carboxylic acids is 1. The molecule has 1 amide bonds. The highest BCUT2D eigenvalue weighted by Crippen LogP contribution is 2.41. The van der Waals surface area contributed by atoms with E-state index in [2.05, 4.69) is 20.4 Å². The SMILES string of the molecule is COC(=O)Nc1ccc(C2=CN=C(C(CC3CC3)c3ccc(-c4cc(Cl)ccc4-n4ccnn4)c[n+]3[O-])C2)cc1. The Hall–Kier alpha value is -4.50. The second-order valence-electron chi connectivity index (χ2n) is 10.1. The number of rotatable bonds is 8. The van der Waals surface area contributed by atoms with E-state index in [1.165, 1.54) is 20.0 Å². The number of halogens is 1. The van der Waals surface area contributed by atoms with E-state index in [1.807, 2.05) is 54.7 Å². The van der Waals surface area contributed by atoms with Crippen molar-refractivity contribution in [2.75, 3.05) is 12.4 Å². The van der Waals surface area contributed by atoms with Gasteiger partial charge in [0.25, 0.3) is 0 Å². The van der Waals surface area contributed by atoms with Gasteiger partial charge in [-0.15, -0.1) is 5.10 Å². The molecule has 0 saturated heterocycles. The van der Waals surface area contributed by atoms with Crippen LogP contribution in [-0.2, 0) is 4.74 Å². The Kier molecular flexibility index (Phi) is 7.04. The fourth-order valence-corrected chi connectivity index (χ4v) is 5.26. The number of aromatic nitrogens is 4. The third-order valence-corrected chi connectivity index (χ3v) is 7.59. The molecule has 1 atom stereocenters. The van der Waals surface area contributed by atoms with Crippen molar-refractivity contribution in [1.82, 2.24) is 15.0 Å². The van der Waals surface area contributed by atoms with E-state index in [4.69, 9.17) is 16.6 Å². The van der Waals surface area contributed by atoms with Gasteiger partial charge in [0.15, 0.2) is 6.20 Å². The van der Waals surface area contributed by atoms with Gasteiger partial charge >= 0.3 is 6.09 Å². The minimum Gasteiger partial charge on any atom is -0.618 e. The highest BCUT2D eigenvalue weighted by atomic mass is 35.5. The fraction of sp³-hybridized carbons (Fsp3) is 0.233. The zero-order chi connectivity index (χ0) is 27.6. The van der Waals surface area contributed by atoms with Gasteiger partial charge in [-0.3, -0.25) is 10.3 Å². The van der Waals surface area contributed by atoms with Crippen LogP contribution in [0.3, 0.4) is 0 Å². The quantitative estimate of drug-likeness (QED) is 0.207. The maximum absolute atomic E-state index is 13.5. The molecule has 202 valence electrons. The van der Waals surface area contributed by atoms with Crippen molar-refractivity contribution in [2.24, 2.45) is 10.9 Å². The molecule has 0 spiro atoms. The predicted octanol–water partition coefficient (Wildman–Crippen LogP) is 6.17. The van der Waals surface area contributed by atoms with Crippen LogP contribution < -0.4 is 10.0 Å². The molecular formula is C30H27ClN6O3. The monoisotopic (exact) mass is 554 g/mol. The van der Waals surface area contributed by atoms with Crippen LogP contribution in [0.1, 0.15) is 42.9 Å². The molecule has 9 nitrogen and oxygen atoms in total. The third kappa shape index (κ3) is 5.46. The van der Waals surface area contributed by atoms with Crippen molar-refractivity contribution in [3.05, 3.63) is 101 Å². The lowest BCUT2D eigenvalue weighted by atomic mass is 9.88. The number of allylic oxidation sites excluding steroid dienone is 1. The van der Waals surface area contributed by atoms with Crippen LogP contribution in [0.5, 0.6) is 0 Å². The zero-order valence-electron chi connectivity index (χ0n) is 21.8. The molecule has 1 N–H and O–H groups in total. The smallest absolute Gasteiger partial charge is 0.411 e. The molecule has 0 radical (unpaired) electrons. The second kappa shape index (κ2) is 10.9. The van der Waals surface area contributed by atoms with E-state index < -0.39 is 6.09 Å². The summed E-state index contributed by atoms with van der Waals surface area (Å²) in [4.78, 5) is 16.3. The molecule has 1 unspecified atom stereocenters. The number of anilines is 1.